The SMILES string of the molecule is CNCCOCCNC(=O)CCC(C)C(C)=O. The third-order valence-electron chi connectivity index (χ3n) is 2.56. The number of carbonyl (C=O) groups is 2. The van der Waals surface area contributed by atoms with E-state index >= 15 is 0 Å². The summed E-state index contributed by atoms with van der Waals surface area (Å²) in [5.41, 5.74) is 0. The zero-order chi connectivity index (χ0) is 13.1. The van der Waals surface area contributed by atoms with E-state index in [1.54, 1.807) is 6.92 Å². The predicted molar refractivity (Wildman–Crippen MR) is 66.8 cm³/mol. The van der Waals surface area contributed by atoms with Crippen molar-refractivity contribution in [3.8, 4) is 0 Å². The standard InChI is InChI=1S/C12H24N2O3/c1-10(11(2)15)4-5-12(16)14-7-9-17-8-6-13-3/h10,13H,4-9H2,1-3H3,(H,14,16). The van der Waals surface area contributed by atoms with E-state index in [0.29, 0.717) is 32.6 Å². The molecule has 0 heterocycles. The van der Waals surface area contributed by atoms with E-state index in [9.17, 15) is 9.59 Å². The molecule has 0 aromatic carbocycles. The van der Waals surface area contributed by atoms with E-state index in [1.807, 2.05) is 14.0 Å². The van der Waals surface area contributed by atoms with Crippen LogP contribution in [0.5, 0.6) is 0 Å². The van der Waals surface area contributed by atoms with Crippen molar-refractivity contribution in [2.24, 2.45) is 5.92 Å². The van der Waals surface area contributed by atoms with Gasteiger partial charge in [0.15, 0.2) is 0 Å². The van der Waals surface area contributed by atoms with Crippen LogP contribution in [0.3, 0.4) is 0 Å². The fraction of sp³-hybridized carbons (Fsp3) is 0.833. The molecule has 0 fully saturated rings. The van der Waals surface area contributed by atoms with Crippen LogP contribution in [-0.4, -0.2) is 45.0 Å². The van der Waals surface area contributed by atoms with E-state index in [4.69, 9.17) is 4.74 Å². The van der Waals surface area contributed by atoms with Crippen LogP contribution < -0.4 is 10.6 Å². The Morgan fingerprint density at radius 3 is 2.47 bits per heavy atom. The van der Waals surface area contributed by atoms with Crippen LogP contribution in [-0.2, 0) is 14.3 Å². The second-order valence-corrected chi connectivity index (χ2v) is 4.12. The molecule has 1 atom stereocenters. The van der Waals surface area contributed by atoms with Gasteiger partial charge in [-0.05, 0) is 20.4 Å². The number of rotatable bonds is 10. The molecular weight excluding hydrogens is 220 g/mol. The summed E-state index contributed by atoms with van der Waals surface area (Å²) < 4.78 is 5.26. The van der Waals surface area contributed by atoms with Crippen LogP contribution in [0, 0.1) is 5.92 Å². The molecule has 17 heavy (non-hydrogen) atoms. The summed E-state index contributed by atoms with van der Waals surface area (Å²) in [6, 6.07) is 0. The lowest BCUT2D eigenvalue weighted by Crippen LogP contribution is -2.28. The largest absolute Gasteiger partial charge is 0.378 e. The van der Waals surface area contributed by atoms with Crippen molar-refractivity contribution in [1.29, 1.82) is 0 Å². The zero-order valence-electron chi connectivity index (χ0n) is 11.0. The first kappa shape index (κ1) is 16.1. The average molecular weight is 244 g/mol. The van der Waals surface area contributed by atoms with Gasteiger partial charge in [-0.15, -0.1) is 0 Å². The molecule has 2 N–H and O–H groups in total. The number of ether oxygens (including phenoxy) is 1. The Balaban J connectivity index is 3.38. The molecule has 0 aliphatic carbocycles. The molecule has 5 nitrogen and oxygen atoms in total. The third kappa shape index (κ3) is 9.96. The monoisotopic (exact) mass is 244 g/mol. The molecule has 1 unspecified atom stereocenters. The van der Waals surface area contributed by atoms with E-state index in [2.05, 4.69) is 10.6 Å². The number of hydrogen-bond donors (Lipinski definition) is 2. The molecule has 0 saturated heterocycles. The molecule has 100 valence electrons. The van der Waals surface area contributed by atoms with Gasteiger partial charge < -0.3 is 15.4 Å². The van der Waals surface area contributed by atoms with Crippen LogP contribution in [0.2, 0.25) is 0 Å². The molecule has 0 radical (unpaired) electrons. The highest BCUT2D eigenvalue weighted by molar-refractivity contribution is 5.80. The quantitative estimate of drug-likeness (QED) is 0.544. The number of Topliss-reactive ketones (excluding diaryl/α,β-unsaturated/α-hetero) is 1. The molecule has 0 aromatic rings. The van der Waals surface area contributed by atoms with Gasteiger partial charge in [0.1, 0.15) is 5.78 Å². The van der Waals surface area contributed by atoms with Crippen molar-refractivity contribution >= 4 is 11.7 Å². The van der Waals surface area contributed by atoms with Gasteiger partial charge in [0.25, 0.3) is 0 Å². The summed E-state index contributed by atoms with van der Waals surface area (Å²) >= 11 is 0. The first-order valence-corrected chi connectivity index (χ1v) is 6.07. The van der Waals surface area contributed by atoms with Crippen molar-refractivity contribution in [2.75, 3.05) is 33.4 Å². The van der Waals surface area contributed by atoms with Gasteiger partial charge in [-0.1, -0.05) is 6.92 Å². The summed E-state index contributed by atoms with van der Waals surface area (Å²) in [5.74, 6) is 0.0798. The van der Waals surface area contributed by atoms with Crippen LogP contribution >= 0.6 is 0 Å². The van der Waals surface area contributed by atoms with Crippen molar-refractivity contribution in [2.45, 2.75) is 26.7 Å². The highest BCUT2D eigenvalue weighted by atomic mass is 16.5. The van der Waals surface area contributed by atoms with Gasteiger partial charge >= 0.3 is 0 Å². The summed E-state index contributed by atoms with van der Waals surface area (Å²) in [7, 11) is 1.86. The third-order valence-corrected chi connectivity index (χ3v) is 2.56. The topological polar surface area (TPSA) is 67.4 Å². The van der Waals surface area contributed by atoms with Crippen molar-refractivity contribution in [1.82, 2.24) is 10.6 Å². The number of nitrogens with one attached hydrogen (secondary N) is 2. The number of ketones is 1. The molecule has 0 aromatic heterocycles. The van der Waals surface area contributed by atoms with Gasteiger partial charge in [0, 0.05) is 25.4 Å². The minimum absolute atomic E-state index is 0.0182. The molecule has 1 amide bonds. The van der Waals surface area contributed by atoms with Gasteiger partial charge in [-0.3, -0.25) is 9.59 Å². The van der Waals surface area contributed by atoms with Gasteiger partial charge in [-0.2, -0.15) is 0 Å². The van der Waals surface area contributed by atoms with Gasteiger partial charge in [-0.25, -0.2) is 0 Å². The zero-order valence-corrected chi connectivity index (χ0v) is 11.0. The number of carbonyl (C=O) groups excluding carboxylic acids is 2. The minimum Gasteiger partial charge on any atom is -0.378 e. The van der Waals surface area contributed by atoms with Gasteiger partial charge in [0.05, 0.1) is 13.2 Å². The number of likely N-dealkylation sites (N-methyl/N-ethyl adjacent to an activating group) is 1. The molecule has 0 aliphatic rings. The molecule has 5 heteroatoms. The van der Waals surface area contributed by atoms with Crippen LogP contribution in [0.1, 0.15) is 26.7 Å². The highest BCUT2D eigenvalue weighted by Crippen LogP contribution is 2.05. The molecular formula is C12H24N2O3. The predicted octanol–water partition coefficient (Wildman–Crippen LogP) is 0.344. The molecule has 0 saturated carbocycles. The summed E-state index contributed by atoms with van der Waals surface area (Å²) in [4.78, 5) is 22.3. The highest BCUT2D eigenvalue weighted by Gasteiger charge is 2.09. The lowest BCUT2D eigenvalue weighted by molar-refractivity contribution is -0.122. The molecule has 0 spiro atoms. The Labute approximate surface area is 103 Å². The van der Waals surface area contributed by atoms with Crippen LogP contribution in [0.25, 0.3) is 0 Å². The van der Waals surface area contributed by atoms with Crippen LogP contribution in [0.4, 0.5) is 0 Å². The number of amides is 1. The summed E-state index contributed by atoms with van der Waals surface area (Å²) in [6.07, 6.45) is 1.01. The first-order valence-electron chi connectivity index (χ1n) is 6.07. The van der Waals surface area contributed by atoms with E-state index < -0.39 is 0 Å². The van der Waals surface area contributed by atoms with E-state index in [1.165, 1.54) is 0 Å². The first-order chi connectivity index (χ1) is 8.07. The maximum atomic E-state index is 11.4. The lowest BCUT2D eigenvalue weighted by Gasteiger charge is -2.08. The number of hydrogen-bond acceptors (Lipinski definition) is 4. The van der Waals surface area contributed by atoms with E-state index in [0.717, 1.165) is 6.54 Å². The summed E-state index contributed by atoms with van der Waals surface area (Å²) in [5, 5.41) is 5.72. The average Bonchev–Trinajstić information content (AvgIpc) is 2.30. The van der Waals surface area contributed by atoms with E-state index in [-0.39, 0.29) is 17.6 Å². The Morgan fingerprint density at radius 1 is 1.24 bits per heavy atom. The second kappa shape index (κ2) is 10.2. The normalized spacial score (nSPS) is 12.2. The Kier molecular flexibility index (Phi) is 9.66. The molecule has 0 bridgehead atoms. The maximum Gasteiger partial charge on any atom is 0.220 e. The second-order valence-electron chi connectivity index (χ2n) is 4.12. The fourth-order valence-electron chi connectivity index (χ4n) is 1.18. The van der Waals surface area contributed by atoms with Crippen molar-refractivity contribution in [3.05, 3.63) is 0 Å². The maximum absolute atomic E-state index is 11.4. The molecule has 0 aliphatic heterocycles. The van der Waals surface area contributed by atoms with Crippen molar-refractivity contribution in [3.63, 3.8) is 0 Å². The molecule has 0 rings (SSSR count). The smallest absolute Gasteiger partial charge is 0.220 e. The minimum atomic E-state index is -0.0346. The lowest BCUT2D eigenvalue weighted by atomic mass is 10.0. The Bertz CT molecular complexity index is 232. The van der Waals surface area contributed by atoms with Gasteiger partial charge in [0.2, 0.25) is 5.91 Å². The van der Waals surface area contributed by atoms with Crippen LogP contribution in [0.15, 0.2) is 0 Å². The Hall–Kier alpha value is -0.940. The van der Waals surface area contributed by atoms with Crippen molar-refractivity contribution < 1.29 is 14.3 Å². The Morgan fingerprint density at radius 2 is 1.88 bits per heavy atom. The summed E-state index contributed by atoms with van der Waals surface area (Å²) in [6.45, 7) is 5.90. The fourth-order valence-corrected chi connectivity index (χ4v) is 1.18.